The molecular formula is C17H23FN2O. The zero-order chi connectivity index (χ0) is 15.1. The molecule has 0 saturated carbocycles. The van der Waals surface area contributed by atoms with Gasteiger partial charge in [-0.05, 0) is 38.7 Å². The molecule has 2 rings (SSSR count). The Balaban J connectivity index is 1.92. The molecule has 1 atom stereocenters. The number of rotatable bonds is 8. The Bertz CT molecular complexity index is 527. The van der Waals surface area contributed by atoms with Gasteiger partial charge in [0.1, 0.15) is 5.82 Å². The van der Waals surface area contributed by atoms with E-state index in [1.165, 1.54) is 6.07 Å². The molecule has 114 valence electrons. The Hall–Kier alpha value is -1.65. The number of furan rings is 1. The van der Waals surface area contributed by atoms with Crippen molar-refractivity contribution in [3.05, 3.63) is 59.8 Å². The van der Waals surface area contributed by atoms with Crippen LogP contribution in [0.25, 0.3) is 0 Å². The number of nitrogens with one attached hydrogen (secondary N) is 1. The van der Waals surface area contributed by atoms with Gasteiger partial charge in [-0.2, -0.15) is 0 Å². The second kappa shape index (κ2) is 7.96. The van der Waals surface area contributed by atoms with Gasteiger partial charge in [0.05, 0.1) is 12.5 Å². The first-order valence-corrected chi connectivity index (χ1v) is 7.38. The third-order valence-corrected chi connectivity index (χ3v) is 3.56. The summed E-state index contributed by atoms with van der Waals surface area (Å²) in [6.07, 6.45) is 4.31. The van der Waals surface area contributed by atoms with Crippen LogP contribution in [-0.2, 0) is 6.54 Å². The van der Waals surface area contributed by atoms with Gasteiger partial charge in [-0.1, -0.05) is 25.1 Å². The standard InChI is InChI=1S/C17H23FN2O/c1-3-19-17(15-6-4-5-7-16(15)18)8-10-20(2)12-14-9-11-21-13-14/h4-7,9,11,13,17,19H,3,8,10,12H2,1-2H3. The molecule has 4 heteroatoms. The maximum atomic E-state index is 13.9. The molecule has 2 aromatic rings. The van der Waals surface area contributed by atoms with Gasteiger partial charge in [0.15, 0.2) is 0 Å². The fourth-order valence-corrected chi connectivity index (χ4v) is 2.49. The van der Waals surface area contributed by atoms with E-state index in [0.29, 0.717) is 0 Å². The van der Waals surface area contributed by atoms with Gasteiger partial charge in [-0.25, -0.2) is 4.39 Å². The Kier molecular flexibility index (Phi) is 5.96. The summed E-state index contributed by atoms with van der Waals surface area (Å²) in [6.45, 7) is 4.59. The maximum absolute atomic E-state index is 13.9. The summed E-state index contributed by atoms with van der Waals surface area (Å²) in [7, 11) is 2.07. The van der Waals surface area contributed by atoms with Crippen LogP contribution >= 0.6 is 0 Å². The van der Waals surface area contributed by atoms with Gasteiger partial charge in [-0.3, -0.25) is 0 Å². The molecule has 0 radical (unpaired) electrons. The smallest absolute Gasteiger partial charge is 0.127 e. The highest BCUT2D eigenvalue weighted by atomic mass is 19.1. The minimum atomic E-state index is -0.138. The number of hydrogen-bond acceptors (Lipinski definition) is 3. The predicted molar refractivity (Wildman–Crippen MR) is 82.5 cm³/mol. The SMILES string of the molecule is CCNC(CCN(C)Cc1ccoc1)c1ccccc1F. The van der Waals surface area contributed by atoms with E-state index >= 15 is 0 Å². The van der Waals surface area contributed by atoms with E-state index < -0.39 is 0 Å². The van der Waals surface area contributed by atoms with Crippen molar-refractivity contribution in [1.82, 2.24) is 10.2 Å². The number of hydrogen-bond donors (Lipinski definition) is 1. The second-order valence-electron chi connectivity index (χ2n) is 5.29. The van der Waals surface area contributed by atoms with Crippen LogP contribution in [-0.4, -0.2) is 25.0 Å². The molecule has 1 N–H and O–H groups in total. The summed E-state index contributed by atoms with van der Waals surface area (Å²) in [5.41, 5.74) is 1.90. The van der Waals surface area contributed by atoms with Crippen LogP contribution in [0, 0.1) is 5.82 Å². The zero-order valence-electron chi connectivity index (χ0n) is 12.7. The van der Waals surface area contributed by atoms with Crippen LogP contribution in [0.5, 0.6) is 0 Å². The molecule has 0 amide bonds. The van der Waals surface area contributed by atoms with Gasteiger partial charge in [-0.15, -0.1) is 0 Å². The number of halogens is 1. The highest BCUT2D eigenvalue weighted by Crippen LogP contribution is 2.20. The zero-order valence-corrected chi connectivity index (χ0v) is 12.7. The average molecular weight is 290 g/mol. The number of benzene rings is 1. The summed E-state index contributed by atoms with van der Waals surface area (Å²) < 4.78 is 19.0. The molecule has 3 nitrogen and oxygen atoms in total. The van der Waals surface area contributed by atoms with Crippen molar-refractivity contribution in [2.75, 3.05) is 20.1 Å². The monoisotopic (exact) mass is 290 g/mol. The van der Waals surface area contributed by atoms with E-state index in [-0.39, 0.29) is 11.9 Å². The molecule has 1 heterocycles. The van der Waals surface area contributed by atoms with E-state index in [2.05, 4.69) is 17.3 Å². The molecular weight excluding hydrogens is 267 g/mol. The molecule has 1 aromatic heterocycles. The fourth-order valence-electron chi connectivity index (χ4n) is 2.49. The van der Waals surface area contributed by atoms with E-state index in [9.17, 15) is 4.39 Å². The summed E-state index contributed by atoms with van der Waals surface area (Å²) in [6, 6.07) is 9.01. The highest BCUT2D eigenvalue weighted by molar-refractivity contribution is 5.21. The Morgan fingerprint density at radius 1 is 1.29 bits per heavy atom. The summed E-state index contributed by atoms with van der Waals surface area (Å²) in [5.74, 6) is -0.138. The molecule has 1 unspecified atom stereocenters. The highest BCUT2D eigenvalue weighted by Gasteiger charge is 2.15. The lowest BCUT2D eigenvalue weighted by Crippen LogP contribution is -2.27. The summed E-state index contributed by atoms with van der Waals surface area (Å²) in [4.78, 5) is 2.22. The van der Waals surface area contributed by atoms with Crippen LogP contribution in [0.15, 0.2) is 47.3 Å². The third kappa shape index (κ3) is 4.69. The average Bonchev–Trinajstić information content (AvgIpc) is 2.97. The second-order valence-corrected chi connectivity index (χ2v) is 5.29. The molecule has 0 spiro atoms. The topological polar surface area (TPSA) is 28.4 Å². The van der Waals surface area contributed by atoms with Crippen LogP contribution in [0.4, 0.5) is 4.39 Å². The maximum Gasteiger partial charge on any atom is 0.127 e. The van der Waals surface area contributed by atoms with Crippen molar-refractivity contribution in [3.63, 3.8) is 0 Å². The van der Waals surface area contributed by atoms with E-state index in [0.717, 1.165) is 37.2 Å². The minimum Gasteiger partial charge on any atom is -0.472 e. The van der Waals surface area contributed by atoms with Gasteiger partial charge in [0.25, 0.3) is 0 Å². The first kappa shape index (κ1) is 15.7. The van der Waals surface area contributed by atoms with E-state index in [1.54, 1.807) is 18.6 Å². The fraction of sp³-hybridized carbons (Fsp3) is 0.412. The van der Waals surface area contributed by atoms with E-state index in [4.69, 9.17) is 4.42 Å². The van der Waals surface area contributed by atoms with Crippen LogP contribution < -0.4 is 5.32 Å². The molecule has 0 aliphatic heterocycles. The van der Waals surface area contributed by atoms with Crippen LogP contribution in [0.3, 0.4) is 0 Å². The van der Waals surface area contributed by atoms with Crippen molar-refractivity contribution in [1.29, 1.82) is 0 Å². The van der Waals surface area contributed by atoms with Gasteiger partial charge in [0, 0.05) is 23.7 Å². The van der Waals surface area contributed by atoms with Crippen molar-refractivity contribution >= 4 is 0 Å². The first-order chi connectivity index (χ1) is 10.2. The molecule has 1 aromatic carbocycles. The van der Waals surface area contributed by atoms with Crippen LogP contribution in [0.2, 0.25) is 0 Å². The normalized spacial score (nSPS) is 12.8. The Morgan fingerprint density at radius 3 is 2.76 bits per heavy atom. The van der Waals surface area contributed by atoms with Crippen molar-refractivity contribution in [2.45, 2.75) is 25.9 Å². The van der Waals surface area contributed by atoms with Gasteiger partial charge >= 0.3 is 0 Å². The summed E-state index contributed by atoms with van der Waals surface area (Å²) >= 11 is 0. The Labute approximate surface area is 125 Å². The lowest BCUT2D eigenvalue weighted by molar-refractivity contribution is 0.298. The van der Waals surface area contributed by atoms with Gasteiger partial charge < -0.3 is 14.6 Å². The third-order valence-electron chi connectivity index (χ3n) is 3.56. The Morgan fingerprint density at radius 2 is 2.10 bits per heavy atom. The van der Waals surface area contributed by atoms with E-state index in [1.807, 2.05) is 25.1 Å². The summed E-state index contributed by atoms with van der Waals surface area (Å²) in [5, 5.41) is 3.37. The minimum absolute atomic E-state index is 0.0444. The predicted octanol–water partition coefficient (Wildman–Crippen LogP) is 3.59. The molecule has 0 aliphatic rings. The molecule has 0 bridgehead atoms. The lowest BCUT2D eigenvalue weighted by Gasteiger charge is -2.22. The van der Waals surface area contributed by atoms with Crippen molar-refractivity contribution in [2.24, 2.45) is 0 Å². The number of nitrogens with zero attached hydrogens (tertiary/aromatic N) is 1. The lowest BCUT2D eigenvalue weighted by atomic mass is 10.0. The molecule has 0 aliphatic carbocycles. The van der Waals surface area contributed by atoms with Gasteiger partial charge in [0.2, 0.25) is 0 Å². The molecule has 0 saturated heterocycles. The quantitative estimate of drug-likeness (QED) is 0.805. The molecule has 21 heavy (non-hydrogen) atoms. The first-order valence-electron chi connectivity index (χ1n) is 7.38. The van der Waals surface area contributed by atoms with Crippen molar-refractivity contribution < 1.29 is 8.81 Å². The largest absolute Gasteiger partial charge is 0.472 e. The molecule has 0 fully saturated rings. The van der Waals surface area contributed by atoms with Crippen molar-refractivity contribution in [3.8, 4) is 0 Å². The van der Waals surface area contributed by atoms with Crippen LogP contribution in [0.1, 0.15) is 30.5 Å².